The zero-order valence-electron chi connectivity index (χ0n) is 11.2. The van der Waals surface area contributed by atoms with Gasteiger partial charge in [0.2, 0.25) is 0 Å². The quantitative estimate of drug-likeness (QED) is 0.661. The van der Waals surface area contributed by atoms with Gasteiger partial charge < -0.3 is 15.0 Å². The first-order valence-electron chi connectivity index (χ1n) is 6.30. The molecule has 0 radical (unpaired) electrons. The SMILES string of the molecule is CC1CN(CCNCCN(C)C)C(C)CO1. The topological polar surface area (TPSA) is 27.7 Å². The standard InChI is InChI=1S/C12H27N3O/c1-11-10-16-12(2)9-15(11)8-6-13-5-7-14(3)4/h11-13H,5-10H2,1-4H3. The summed E-state index contributed by atoms with van der Waals surface area (Å²) in [6.45, 7) is 10.7. The van der Waals surface area contributed by atoms with Crippen molar-refractivity contribution in [3.8, 4) is 0 Å². The molecule has 0 bridgehead atoms. The molecule has 0 aromatic rings. The molecular weight excluding hydrogens is 202 g/mol. The van der Waals surface area contributed by atoms with Crippen molar-refractivity contribution in [3.05, 3.63) is 0 Å². The molecule has 2 atom stereocenters. The summed E-state index contributed by atoms with van der Waals surface area (Å²) >= 11 is 0. The molecule has 1 aliphatic rings. The van der Waals surface area contributed by atoms with E-state index in [2.05, 4.69) is 43.1 Å². The highest BCUT2D eigenvalue weighted by atomic mass is 16.5. The Hall–Kier alpha value is -0.160. The van der Waals surface area contributed by atoms with Gasteiger partial charge in [0.05, 0.1) is 12.7 Å². The van der Waals surface area contributed by atoms with Gasteiger partial charge in [-0.15, -0.1) is 0 Å². The Kier molecular flexibility index (Phi) is 6.28. The second-order valence-electron chi connectivity index (χ2n) is 5.04. The molecule has 1 saturated heterocycles. The van der Waals surface area contributed by atoms with Crippen LogP contribution in [0.2, 0.25) is 0 Å². The molecule has 1 aliphatic heterocycles. The number of ether oxygens (including phenoxy) is 1. The number of rotatable bonds is 6. The first-order valence-corrected chi connectivity index (χ1v) is 6.30. The molecule has 0 spiro atoms. The van der Waals surface area contributed by atoms with Gasteiger partial charge in [0.1, 0.15) is 0 Å². The van der Waals surface area contributed by atoms with E-state index in [9.17, 15) is 0 Å². The van der Waals surface area contributed by atoms with Gasteiger partial charge in [-0.25, -0.2) is 0 Å². The molecule has 1 fully saturated rings. The third-order valence-corrected chi connectivity index (χ3v) is 3.05. The van der Waals surface area contributed by atoms with Gasteiger partial charge in [-0.2, -0.15) is 0 Å². The highest BCUT2D eigenvalue weighted by Gasteiger charge is 2.22. The maximum atomic E-state index is 5.61. The van der Waals surface area contributed by atoms with Gasteiger partial charge in [-0.1, -0.05) is 0 Å². The smallest absolute Gasteiger partial charge is 0.0674 e. The maximum Gasteiger partial charge on any atom is 0.0674 e. The fourth-order valence-corrected chi connectivity index (χ4v) is 1.93. The lowest BCUT2D eigenvalue weighted by atomic mass is 10.2. The zero-order chi connectivity index (χ0) is 12.0. The molecule has 0 aromatic carbocycles. The fraction of sp³-hybridized carbons (Fsp3) is 1.00. The number of morpholine rings is 1. The van der Waals surface area contributed by atoms with Crippen LogP contribution >= 0.6 is 0 Å². The minimum Gasteiger partial charge on any atom is -0.376 e. The molecule has 0 saturated carbocycles. The van der Waals surface area contributed by atoms with Gasteiger partial charge in [-0.05, 0) is 27.9 Å². The predicted molar refractivity (Wildman–Crippen MR) is 67.9 cm³/mol. The molecule has 1 heterocycles. The number of nitrogens with zero attached hydrogens (tertiary/aromatic N) is 2. The van der Waals surface area contributed by atoms with E-state index in [1.807, 2.05) is 0 Å². The number of hydrogen-bond donors (Lipinski definition) is 1. The Morgan fingerprint density at radius 3 is 2.75 bits per heavy atom. The molecule has 0 aromatic heterocycles. The predicted octanol–water partition coefficient (Wildman–Crippen LogP) is 0.247. The van der Waals surface area contributed by atoms with E-state index >= 15 is 0 Å². The van der Waals surface area contributed by atoms with Gasteiger partial charge in [0.15, 0.2) is 0 Å². The molecule has 2 unspecified atom stereocenters. The van der Waals surface area contributed by atoms with Crippen molar-refractivity contribution in [3.63, 3.8) is 0 Å². The normalized spacial score (nSPS) is 27.6. The molecule has 1 N–H and O–H groups in total. The molecular formula is C12H27N3O. The lowest BCUT2D eigenvalue weighted by Gasteiger charge is -2.36. The van der Waals surface area contributed by atoms with E-state index in [1.54, 1.807) is 0 Å². The summed E-state index contributed by atoms with van der Waals surface area (Å²) in [5, 5.41) is 3.48. The summed E-state index contributed by atoms with van der Waals surface area (Å²) in [6, 6.07) is 0.562. The van der Waals surface area contributed by atoms with Crippen LogP contribution in [0.3, 0.4) is 0 Å². The molecule has 16 heavy (non-hydrogen) atoms. The van der Waals surface area contributed by atoms with Crippen LogP contribution in [-0.2, 0) is 4.74 Å². The summed E-state index contributed by atoms with van der Waals surface area (Å²) in [5.74, 6) is 0. The molecule has 0 aliphatic carbocycles. The highest BCUT2D eigenvalue weighted by Crippen LogP contribution is 2.09. The van der Waals surface area contributed by atoms with E-state index in [-0.39, 0.29) is 0 Å². The summed E-state index contributed by atoms with van der Waals surface area (Å²) in [5.41, 5.74) is 0. The lowest BCUT2D eigenvalue weighted by Crippen LogP contribution is -2.49. The molecule has 96 valence electrons. The number of likely N-dealkylation sites (N-methyl/N-ethyl adjacent to an activating group) is 1. The van der Waals surface area contributed by atoms with Crippen molar-refractivity contribution < 1.29 is 4.74 Å². The van der Waals surface area contributed by atoms with E-state index in [0.29, 0.717) is 12.1 Å². The van der Waals surface area contributed by atoms with Gasteiger partial charge in [-0.3, -0.25) is 4.90 Å². The second-order valence-corrected chi connectivity index (χ2v) is 5.04. The minimum atomic E-state index is 0.387. The first-order chi connectivity index (χ1) is 7.59. The molecule has 1 rings (SSSR count). The summed E-state index contributed by atoms with van der Waals surface area (Å²) in [7, 11) is 4.21. The largest absolute Gasteiger partial charge is 0.376 e. The van der Waals surface area contributed by atoms with E-state index in [0.717, 1.165) is 39.3 Å². The maximum absolute atomic E-state index is 5.61. The van der Waals surface area contributed by atoms with Crippen molar-refractivity contribution in [1.82, 2.24) is 15.1 Å². The monoisotopic (exact) mass is 229 g/mol. The Balaban J connectivity index is 2.07. The molecule has 4 heteroatoms. The Labute approximate surface area is 99.9 Å². The lowest BCUT2D eigenvalue weighted by molar-refractivity contribution is -0.0486. The van der Waals surface area contributed by atoms with Gasteiger partial charge in [0.25, 0.3) is 0 Å². The van der Waals surface area contributed by atoms with Crippen molar-refractivity contribution in [2.45, 2.75) is 26.0 Å². The average Bonchev–Trinajstić information content (AvgIpc) is 2.22. The third kappa shape index (κ3) is 5.25. The van der Waals surface area contributed by atoms with E-state index in [4.69, 9.17) is 4.74 Å². The number of nitrogens with one attached hydrogen (secondary N) is 1. The first kappa shape index (κ1) is 13.9. The van der Waals surface area contributed by atoms with Crippen LogP contribution in [0.15, 0.2) is 0 Å². The van der Waals surface area contributed by atoms with Crippen LogP contribution in [0.1, 0.15) is 13.8 Å². The molecule has 4 nitrogen and oxygen atoms in total. The Morgan fingerprint density at radius 2 is 2.06 bits per heavy atom. The van der Waals surface area contributed by atoms with Crippen LogP contribution < -0.4 is 5.32 Å². The van der Waals surface area contributed by atoms with Crippen molar-refractivity contribution >= 4 is 0 Å². The van der Waals surface area contributed by atoms with Crippen LogP contribution in [-0.4, -0.2) is 75.4 Å². The van der Waals surface area contributed by atoms with Crippen molar-refractivity contribution in [2.24, 2.45) is 0 Å². The van der Waals surface area contributed by atoms with Crippen molar-refractivity contribution in [2.75, 3.05) is 53.4 Å². The average molecular weight is 229 g/mol. The summed E-state index contributed by atoms with van der Waals surface area (Å²) in [6.07, 6.45) is 0.387. The van der Waals surface area contributed by atoms with Gasteiger partial charge in [0, 0.05) is 38.8 Å². The van der Waals surface area contributed by atoms with Crippen LogP contribution in [0.25, 0.3) is 0 Å². The number of hydrogen-bond acceptors (Lipinski definition) is 4. The Morgan fingerprint density at radius 1 is 1.31 bits per heavy atom. The van der Waals surface area contributed by atoms with Crippen LogP contribution in [0.4, 0.5) is 0 Å². The Bertz CT molecular complexity index is 187. The fourth-order valence-electron chi connectivity index (χ4n) is 1.93. The van der Waals surface area contributed by atoms with Crippen molar-refractivity contribution in [1.29, 1.82) is 0 Å². The molecule has 0 amide bonds. The highest BCUT2D eigenvalue weighted by molar-refractivity contribution is 4.75. The van der Waals surface area contributed by atoms with Crippen LogP contribution in [0.5, 0.6) is 0 Å². The van der Waals surface area contributed by atoms with E-state index < -0.39 is 0 Å². The minimum absolute atomic E-state index is 0.387. The zero-order valence-corrected chi connectivity index (χ0v) is 11.2. The third-order valence-electron chi connectivity index (χ3n) is 3.05. The van der Waals surface area contributed by atoms with Crippen LogP contribution in [0, 0.1) is 0 Å². The second kappa shape index (κ2) is 7.22. The summed E-state index contributed by atoms with van der Waals surface area (Å²) < 4.78 is 5.61. The summed E-state index contributed by atoms with van der Waals surface area (Å²) in [4.78, 5) is 4.71. The van der Waals surface area contributed by atoms with E-state index in [1.165, 1.54) is 0 Å². The van der Waals surface area contributed by atoms with Gasteiger partial charge >= 0.3 is 0 Å².